The van der Waals surface area contributed by atoms with Gasteiger partial charge in [0, 0.05) is 19.1 Å². The van der Waals surface area contributed by atoms with Crippen LogP contribution >= 0.6 is 0 Å². The lowest BCUT2D eigenvalue weighted by Gasteiger charge is -2.31. The molecule has 1 N–H and O–H groups in total. The number of carbonyl (C=O) groups is 2. The molecule has 7 nitrogen and oxygen atoms in total. The molecule has 7 heteroatoms. The first-order valence-corrected chi connectivity index (χ1v) is 12.8. The summed E-state index contributed by atoms with van der Waals surface area (Å²) in [5, 5.41) is 11.8. The fourth-order valence-corrected chi connectivity index (χ4v) is 6.00. The van der Waals surface area contributed by atoms with Crippen molar-refractivity contribution < 1.29 is 9.59 Å². The van der Waals surface area contributed by atoms with Crippen LogP contribution in [0.2, 0.25) is 0 Å². The van der Waals surface area contributed by atoms with E-state index >= 15 is 0 Å². The standard InChI is InChI=1S/C26H35N5O2/c32-25(24(20-10-4-5-11-20)19-8-2-1-3-9-19)27-21-12-14-22(15-13-21)31-18-23(28-29-31)26(33)30-16-6-7-17-30/h1-3,8-9,18,20-22,24H,4-7,10-17H2,(H,27,32). The van der Waals surface area contributed by atoms with Crippen LogP contribution in [-0.2, 0) is 4.79 Å². The molecule has 1 saturated heterocycles. The number of aromatic nitrogens is 3. The molecule has 176 valence electrons. The molecule has 5 rings (SSSR count). The van der Waals surface area contributed by atoms with Gasteiger partial charge in [0.2, 0.25) is 5.91 Å². The van der Waals surface area contributed by atoms with Crippen LogP contribution < -0.4 is 5.32 Å². The van der Waals surface area contributed by atoms with Crippen molar-refractivity contribution in [1.29, 1.82) is 0 Å². The minimum absolute atomic E-state index is 0.00133. The number of nitrogens with zero attached hydrogens (tertiary/aromatic N) is 4. The van der Waals surface area contributed by atoms with E-state index in [4.69, 9.17) is 0 Å². The maximum atomic E-state index is 13.4. The largest absolute Gasteiger partial charge is 0.353 e. The van der Waals surface area contributed by atoms with Crippen molar-refractivity contribution >= 4 is 11.8 Å². The average Bonchev–Trinajstić information content (AvgIpc) is 3.63. The third-order valence-electron chi connectivity index (χ3n) is 7.85. The van der Waals surface area contributed by atoms with E-state index < -0.39 is 0 Å². The molecule has 2 aliphatic carbocycles. The topological polar surface area (TPSA) is 80.1 Å². The Morgan fingerprint density at radius 3 is 2.30 bits per heavy atom. The highest BCUT2D eigenvalue weighted by Gasteiger charge is 2.34. The number of benzene rings is 1. The zero-order valence-electron chi connectivity index (χ0n) is 19.4. The van der Waals surface area contributed by atoms with Gasteiger partial charge in [-0.3, -0.25) is 9.59 Å². The Morgan fingerprint density at radius 1 is 0.909 bits per heavy atom. The van der Waals surface area contributed by atoms with Crippen LogP contribution in [-0.4, -0.2) is 50.8 Å². The molecule has 2 aromatic rings. The van der Waals surface area contributed by atoms with Crippen LogP contribution in [0.1, 0.15) is 92.2 Å². The Morgan fingerprint density at radius 2 is 1.61 bits per heavy atom. The minimum Gasteiger partial charge on any atom is -0.353 e. The Kier molecular flexibility index (Phi) is 6.74. The van der Waals surface area contributed by atoms with Gasteiger partial charge in [0.1, 0.15) is 0 Å². The summed E-state index contributed by atoms with van der Waals surface area (Å²) in [6.07, 6.45) is 12.4. The van der Waals surface area contributed by atoms with Gasteiger partial charge in [-0.25, -0.2) is 4.68 Å². The molecule has 33 heavy (non-hydrogen) atoms. The van der Waals surface area contributed by atoms with Gasteiger partial charge < -0.3 is 10.2 Å². The van der Waals surface area contributed by atoms with E-state index in [1.54, 1.807) is 0 Å². The van der Waals surface area contributed by atoms with Crippen LogP contribution in [0.5, 0.6) is 0 Å². The molecule has 0 radical (unpaired) electrons. The average molecular weight is 450 g/mol. The van der Waals surface area contributed by atoms with Crippen LogP contribution in [0.15, 0.2) is 36.5 Å². The van der Waals surface area contributed by atoms with Crippen molar-refractivity contribution in [2.75, 3.05) is 13.1 Å². The Bertz CT molecular complexity index is 939. The number of amides is 2. The monoisotopic (exact) mass is 449 g/mol. The van der Waals surface area contributed by atoms with E-state index in [-0.39, 0.29) is 29.8 Å². The second-order valence-corrected chi connectivity index (χ2v) is 10.0. The molecule has 1 aromatic carbocycles. The van der Waals surface area contributed by atoms with Crippen LogP contribution in [0.25, 0.3) is 0 Å². The second kappa shape index (κ2) is 10.1. The van der Waals surface area contributed by atoms with Gasteiger partial charge in [-0.05, 0) is 62.8 Å². The zero-order valence-corrected chi connectivity index (χ0v) is 19.4. The molecule has 3 fully saturated rings. The summed E-state index contributed by atoms with van der Waals surface area (Å²) >= 11 is 0. The van der Waals surface area contributed by atoms with Gasteiger partial charge in [-0.1, -0.05) is 48.4 Å². The molecule has 1 aromatic heterocycles. The van der Waals surface area contributed by atoms with Gasteiger partial charge in [0.05, 0.1) is 18.2 Å². The smallest absolute Gasteiger partial charge is 0.276 e. The fraction of sp³-hybridized carbons (Fsp3) is 0.615. The lowest BCUT2D eigenvalue weighted by Crippen LogP contribution is -2.42. The first kappa shape index (κ1) is 22.1. The normalized spacial score (nSPS) is 24.7. The third kappa shape index (κ3) is 4.97. The summed E-state index contributed by atoms with van der Waals surface area (Å²) in [4.78, 5) is 27.8. The van der Waals surface area contributed by atoms with Crippen LogP contribution in [0.3, 0.4) is 0 Å². The number of hydrogen-bond acceptors (Lipinski definition) is 4. The highest BCUT2D eigenvalue weighted by Crippen LogP contribution is 2.38. The number of carbonyl (C=O) groups excluding carboxylic acids is 2. The van der Waals surface area contributed by atoms with Crippen molar-refractivity contribution in [3.05, 3.63) is 47.8 Å². The second-order valence-electron chi connectivity index (χ2n) is 10.0. The summed E-state index contributed by atoms with van der Waals surface area (Å²) in [7, 11) is 0. The third-order valence-corrected chi connectivity index (χ3v) is 7.85. The molecule has 1 atom stereocenters. The van der Waals surface area contributed by atoms with Crippen molar-refractivity contribution in [3.63, 3.8) is 0 Å². The maximum Gasteiger partial charge on any atom is 0.276 e. The quantitative estimate of drug-likeness (QED) is 0.720. The van der Waals surface area contributed by atoms with Gasteiger partial charge in [-0.15, -0.1) is 5.10 Å². The molecular weight excluding hydrogens is 414 g/mol. The molecule has 2 heterocycles. The van der Waals surface area contributed by atoms with Gasteiger partial charge in [-0.2, -0.15) is 0 Å². The zero-order chi connectivity index (χ0) is 22.6. The lowest BCUT2D eigenvalue weighted by atomic mass is 9.83. The first-order chi connectivity index (χ1) is 16.2. The number of hydrogen-bond donors (Lipinski definition) is 1. The van der Waals surface area contributed by atoms with Gasteiger partial charge in [0.25, 0.3) is 5.91 Å². The molecule has 1 unspecified atom stereocenters. The molecular formula is C26H35N5O2. The number of rotatable bonds is 6. The van der Waals surface area contributed by atoms with Gasteiger partial charge >= 0.3 is 0 Å². The summed E-state index contributed by atoms with van der Waals surface area (Å²) in [5.74, 6) is 0.598. The minimum atomic E-state index is -0.0408. The highest BCUT2D eigenvalue weighted by molar-refractivity contribution is 5.92. The SMILES string of the molecule is O=C(NC1CCC(n2cc(C(=O)N3CCCC3)nn2)CC1)C(c1ccccc1)C1CCCC1. The van der Waals surface area contributed by atoms with Crippen LogP contribution in [0, 0.1) is 5.92 Å². The fourth-order valence-electron chi connectivity index (χ4n) is 6.00. The molecule has 3 aliphatic rings. The Balaban J connectivity index is 1.17. The lowest BCUT2D eigenvalue weighted by molar-refractivity contribution is -0.124. The molecule has 0 bridgehead atoms. The van der Waals surface area contributed by atoms with E-state index in [1.165, 1.54) is 12.8 Å². The first-order valence-electron chi connectivity index (χ1n) is 12.8. The van der Waals surface area contributed by atoms with Crippen molar-refractivity contribution in [2.24, 2.45) is 5.92 Å². The molecule has 0 spiro atoms. The Labute approximate surface area is 195 Å². The predicted octanol–water partition coefficient (Wildman–Crippen LogP) is 4.09. The van der Waals surface area contributed by atoms with E-state index in [0.29, 0.717) is 11.6 Å². The van der Waals surface area contributed by atoms with E-state index in [1.807, 2.05) is 34.0 Å². The molecule has 2 saturated carbocycles. The summed E-state index contributed by atoms with van der Waals surface area (Å²) in [6, 6.07) is 10.7. The predicted molar refractivity (Wildman–Crippen MR) is 126 cm³/mol. The number of likely N-dealkylation sites (tertiary alicyclic amines) is 1. The van der Waals surface area contributed by atoms with E-state index in [2.05, 4.69) is 27.8 Å². The van der Waals surface area contributed by atoms with Crippen molar-refractivity contribution in [3.8, 4) is 0 Å². The van der Waals surface area contributed by atoms with Crippen LogP contribution in [0.4, 0.5) is 0 Å². The summed E-state index contributed by atoms with van der Waals surface area (Å²) in [5.41, 5.74) is 1.60. The summed E-state index contributed by atoms with van der Waals surface area (Å²) < 4.78 is 1.87. The van der Waals surface area contributed by atoms with Gasteiger partial charge in [0.15, 0.2) is 5.69 Å². The number of nitrogens with one attached hydrogen (secondary N) is 1. The van der Waals surface area contributed by atoms with Crippen molar-refractivity contribution in [2.45, 2.75) is 82.2 Å². The Hall–Kier alpha value is -2.70. The highest BCUT2D eigenvalue weighted by atomic mass is 16.2. The summed E-state index contributed by atoms with van der Waals surface area (Å²) in [6.45, 7) is 1.64. The molecule has 1 aliphatic heterocycles. The molecule has 2 amide bonds. The van der Waals surface area contributed by atoms with Crippen molar-refractivity contribution in [1.82, 2.24) is 25.2 Å². The van der Waals surface area contributed by atoms with E-state index in [0.717, 1.165) is 70.0 Å². The maximum absolute atomic E-state index is 13.4. The van der Waals surface area contributed by atoms with E-state index in [9.17, 15) is 9.59 Å².